The summed E-state index contributed by atoms with van der Waals surface area (Å²) in [5.41, 5.74) is 2.18. The zero-order valence-electron chi connectivity index (χ0n) is 14.5. The van der Waals surface area contributed by atoms with Crippen LogP contribution in [0.1, 0.15) is 0 Å². The number of hydrogen-bond donors (Lipinski definition) is 1. The van der Waals surface area contributed by atoms with Crippen LogP contribution in [0.25, 0.3) is 11.0 Å². The molecule has 3 aromatic rings. The van der Waals surface area contributed by atoms with Crippen LogP contribution < -0.4 is 10.2 Å². The van der Waals surface area contributed by atoms with E-state index < -0.39 is 0 Å². The third-order valence-corrected chi connectivity index (χ3v) is 4.74. The molecule has 0 saturated carbocycles. The SMILES string of the molecule is Cn1ncc2c(NCCN3CCN(c4ccccc4)CC3)ncnc21. The highest BCUT2D eigenvalue weighted by molar-refractivity contribution is 5.85. The van der Waals surface area contributed by atoms with Crippen molar-refractivity contribution in [1.29, 1.82) is 0 Å². The minimum absolute atomic E-state index is 0.856. The topological polar surface area (TPSA) is 62.1 Å². The van der Waals surface area contributed by atoms with E-state index in [0.29, 0.717) is 0 Å². The Hall–Kier alpha value is -2.67. The van der Waals surface area contributed by atoms with Gasteiger partial charge in [-0.3, -0.25) is 9.58 Å². The second kappa shape index (κ2) is 7.06. The molecule has 0 spiro atoms. The summed E-state index contributed by atoms with van der Waals surface area (Å²) < 4.78 is 1.77. The number of nitrogens with zero attached hydrogens (tertiary/aromatic N) is 6. The predicted octanol–water partition coefficient (Wildman–Crippen LogP) is 1.60. The number of para-hydroxylation sites is 1. The fourth-order valence-corrected chi connectivity index (χ4v) is 3.30. The van der Waals surface area contributed by atoms with Gasteiger partial charge in [0.2, 0.25) is 0 Å². The molecule has 1 saturated heterocycles. The normalized spacial score (nSPS) is 15.6. The molecule has 3 heterocycles. The van der Waals surface area contributed by atoms with Gasteiger partial charge in [-0.05, 0) is 12.1 Å². The van der Waals surface area contributed by atoms with Gasteiger partial charge in [0.05, 0.1) is 11.6 Å². The van der Waals surface area contributed by atoms with Crippen molar-refractivity contribution in [2.45, 2.75) is 0 Å². The van der Waals surface area contributed by atoms with Crippen LogP contribution in [0.15, 0.2) is 42.9 Å². The van der Waals surface area contributed by atoms with E-state index in [4.69, 9.17) is 0 Å². The van der Waals surface area contributed by atoms with Gasteiger partial charge in [0.25, 0.3) is 0 Å². The number of rotatable bonds is 5. The quantitative estimate of drug-likeness (QED) is 0.763. The summed E-state index contributed by atoms with van der Waals surface area (Å²) in [5.74, 6) is 0.862. The van der Waals surface area contributed by atoms with Crippen LogP contribution >= 0.6 is 0 Å². The zero-order valence-corrected chi connectivity index (χ0v) is 14.5. The molecule has 0 atom stereocenters. The molecule has 7 nitrogen and oxygen atoms in total. The molecule has 0 bridgehead atoms. The smallest absolute Gasteiger partial charge is 0.163 e. The lowest BCUT2D eigenvalue weighted by molar-refractivity contribution is 0.267. The second-order valence-electron chi connectivity index (χ2n) is 6.32. The van der Waals surface area contributed by atoms with Crippen molar-refractivity contribution >= 4 is 22.5 Å². The highest BCUT2D eigenvalue weighted by Crippen LogP contribution is 2.18. The molecule has 130 valence electrons. The van der Waals surface area contributed by atoms with Crippen molar-refractivity contribution in [3.8, 4) is 0 Å². The van der Waals surface area contributed by atoms with E-state index in [1.165, 1.54) is 5.69 Å². The van der Waals surface area contributed by atoms with Gasteiger partial charge in [0.15, 0.2) is 5.65 Å². The largest absolute Gasteiger partial charge is 0.369 e. The Morgan fingerprint density at radius 3 is 2.64 bits per heavy atom. The average molecular weight is 337 g/mol. The Bertz CT molecular complexity index is 822. The molecule has 1 fully saturated rings. The van der Waals surface area contributed by atoms with Gasteiger partial charge in [-0.15, -0.1) is 0 Å². The van der Waals surface area contributed by atoms with Crippen molar-refractivity contribution in [2.75, 3.05) is 49.5 Å². The van der Waals surface area contributed by atoms with Crippen LogP contribution in [-0.4, -0.2) is 63.9 Å². The van der Waals surface area contributed by atoms with E-state index in [1.54, 1.807) is 11.0 Å². The minimum Gasteiger partial charge on any atom is -0.369 e. The monoisotopic (exact) mass is 337 g/mol. The Kier molecular flexibility index (Phi) is 4.47. The molecule has 4 rings (SSSR count). The van der Waals surface area contributed by atoms with Crippen LogP contribution in [0.3, 0.4) is 0 Å². The lowest BCUT2D eigenvalue weighted by Gasteiger charge is -2.36. The number of aromatic nitrogens is 4. The van der Waals surface area contributed by atoms with Crippen molar-refractivity contribution in [3.05, 3.63) is 42.9 Å². The molecular weight excluding hydrogens is 314 g/mol. The van der Waals surface area contributed by atoms with Gasteiger partial charge in [0.1, 0.15) is 12.1 Å². The number of hydrogen-bond acceptors (Lipinski definition) is 6. The van der Waals surface area contributed by atoms with Crippen molar-refractivity contribution in [1.82, 2.24) is 24.6 Å². The fraction of sp³-hybridized carbons (Fsp3) is 0.389. The number of fused-ring (bicyclic) bond motifs is 1. The lowest BCUT2D eigenvalue weighted by atomic mass is 10.2. The van der Waals surface area contributed by atoms with Gasteiger partial charge in [-0.1, -0.05) is 18.2 Å². The van der Waals surface area contributed by atoms with Crippen molar-refractivity contribution in [2.24, 2.45) is 7.05 Å². The van der Waals surface area contributed by atoms with Crippen molar-refractivity contribution in [3.63, 3.8) is 0 Å². The molecule has 1 aliphatic rings. The summed E-state index contributed by atoms with van der Waals surface area (Å²) in [5, 5.41) is 8.65. The fourth-order valence-electron chi connectivity index (χ4n) is 3.30. The van der Waals surface area contributed by atoms with Gasteiger partial charge in [-0.2, -0.15) is 5.10 Å². The van der Waals surface area contributed by atoms with Crippen LogP contribution in [0, 0.1) is 0 Å². The maximum absolute atomic E-state index is 4.35. The molecule has 1 aliphatic heterocycles. The second-order valence-corrected chi connectivity index (χ2v) is 6.32. The number of aryl methyl sites for hydroxylation is 1. The number of anilines is 2. The highest BCUT2D eigenvalue weighted by atomic mass is 15.3. The third-order valence-electron chi connectivity index (χ3n) is 4.74. The molecule has 25 heavy (non-hydrogen) atoms. The first-order chi connectivity index (χ1) is 12.3. The first-order valence-corrected chi connectivity index (χ1v) is 8.70. The molecule has 7 heteroatoms. The standard InChI is InChI=1S/C18H23N7/c1-23-18-16(13-22-23)17(20-14-21-18)19-7-8-24-9-11-25(12-10-24)15-5-3-2-4-6-15/h2-6,13-14H,7-12H2,1H3,(H,19,20,21). The Labute approximate surface area is 147 Å². The van der Waals surface area contributed by atoms with Crippen LogP contribution in [0.2, 0.25) is 0 Å². The van der Waals surface area contributed by atoms with Gasteiger partial charge < -0.3 is 10.2 Å². The molecule has 1 N–H and O–H groups in total. The van der Waals surface area contributed by atoms with Crippen LogP contribution in [-0.2, 0) is 7.05 Å². The summed E-state index contributed by atoms with van der Waals surface area (Å²) >= 11 is 0. The number of piperazine rings is 1. The lowest BCUT2D eigenvalue weighted by Crippen LogP contribution is -2.47. The number of nitrogens with one attached hydrogen (secondary N) is 1. The van der Waals surface area contributed by atoms with E-state index in [2.05, 4.69) is 60.5 Å². The highest BCUT2D eigenvalue weighted by Gasteiger charge is 2.16. The van der Waals surface area contributed by atoms with E-state index in [0.717, 1.165) is 56.1 Å². The van der Waals surface area contributed by atoms with E-state index in [9.17, 15) is 0 Å². The maximum atomic E-state index is 4.35. The Morgan fingerprint density at radius 1 is 1.04 bits per heavy atom. The first-order valence-electron chi connectivity index (χ1n) is 8.70. The van der Waals surface area contributed by atoms with E-state index in [1.807, 2.05) is 13.2 Å². The molecule has 2 aromatic heterocycles. The molecule has 1 aromatic carbocycles. The van der Waals surface area contributed by atoms with Gasteiger partial charge in [0, 0.05) is 52.0 Å². The van der Waals surface area contributed by atoms with Crippen LogP contribution in [0.5, 0.6) is 0 Å². The summed E-state index contributed by atoms with van der Waals surface area (Å²) in [4.78, 5) is 13.6. The van der Waals surface area contributed by atoms with E-state index >= 15 is 0 Å². The van der Waals surface area contributed by atoms with E-state index in [-0.39, 0.29) is 0 Å². The predicted molar refractivity (Wildman–Crippen MR) is 99.9 cm³/mol. The summed E-state index contributed by atoms with van der Waals surface area (Å²) in [6.45, 7) is 6.20. The maximum Gasteiger partial charge on any atom is 0.163 e. The summed E-state index contributed by atoms with van der Waals surface area (Å²) in [6.07, 6.45) is 3.40. The molecular formula is C18H23N7. The third kappa shape index (κ3) is 3.41. The first kappa shape index (κ1) is 15.8. The van der Waals surface area contributed by atoms with Gasteiger partial charge >= 0.3 is 0 Å². The van der Waals surface area contributed by atoms with Crippen LogP contribution in [0.4, 0.5) is 11.5 Å². The van der Waals surface area contributed by atoms with Gasteiger partial charge in [-0.25, -0.2) is 9.97 Å². The minimum atomic E-state index is 0.856. The Balaban J connectivity index is 1.28. The average Bonchev–Trinajstić information content (AvgIpc) is 3.05. The molecule has 0 unspecified atom stereocenters. The molecule has 0 radical (unpaired) electrons. The zero-order chi connectivity index (χ0) is 17.1. The molecule has 0 amide bonds. The summed E-state index contributed by atoms with van der Waals surface area (Å²) in [6, 6.07) is 10.6. The Morgan fingerprint density at radius 2 is 1.84 bits per heavy atom. The molecule has 0 aliphatic carbocycles. The van der Waals surface area contributed by atoms with Crippen molar-refractivity contribution < 1.29 is 0 Å². The number of benzene rings is 1. The summed E-state index contributed by atoms with van der Waals surface area (Å²) in [7, 11) is 1.89.